The third-order valence-corrected chi connectivity index (χ3v) is 2.13. The van der Waals surface area contributed by atoms with Gasteiger partial charge in [0.05, 0.1) is 0 Å². The van der Waals surface area contributed by atoms with Crippen molar-refractivity contribution in [1.29, 1.82) is 0 Å². The molecule has 0 aliphatic carbocycles. The van der Waals surface area contributed by atoms with Gasteiger partial charge in [0, 0.05) is 11.1 Å². The molecule has 1 nitrogen and oxygen atoms in total. The number of aryl methyl sites for hydroxylation is 1. The highest BCUT2D eigenvalue weighted by molar-refractivity contribution is 6.31. The monoisotopic (exact) mass is 205 g/mol. The van der Waals surface area contributed by atoms with E-state index in [2.05, 4.69) is 0 Å². The third kappa shape index (κ3) is 2.67. The Labute approximate surface area is 84.3 Å². The molecule has 0 aliphatic heterocycles. The van der Waals surface area contributed by atoms with Gasteiger partial charge in [-0.1, -0.05) is 23.7 Å². The van der Waals surface area contributed by atoms with E-state index in [0.717, 1.165) is 16.1 Å². The largest absolute Gasteiger partial charge is 0.324 e. The van der Waals surface area contributed by atoms with Gasteiger partial charge in [0.15, 0.2) is 0 Å². The molecule has 1 aromatic rings. The Kier molecular flexibility index (Phi) is 4.61. The van der Waals surface area contributed by atoms with Crippen LogP contribution in [0.3, 0.4) is 0 Å². The first kappa shape index (κ1) is 11.8. The minimum Gasteiger partial charge on any atom is -0.324 e. The van der Waals surface area contributed by atoms with Crippen LogP contribution in [-0.4, -0.2) is 0 Å². The molecular weight excluding hydrogens is 193 g/mol. The Bertz CT molecular complexity index is 259. The van der Waals surface area contributed by atoms with Crippen molar-refractivity contribution in [2.75, 3.05) is 0 Å². The van der Waals surface area contributed by atoms with Gasteiger partial charge in [-0.3, -0.25) is 0 Å². The molecule has 0 aromatic heterocycles. The highest BCUT2D eigenvalue weighted by Gasteiger charge is 2.00. The molecule has 0 radical (unpaired) electrons. The lowest BCUT2D eigenvalue weighted by Gasteiger charge is -2.06. The lowest BCUT2D eigenvalue weighted by atomic mass is 10.1. The molecule has 0 bridgehead atoms. The second-order valence-corrected chi connectivity index (χ2v) is 3.20. The van der Waals surface area contributed by atoms with Gasteiger partial charge < -0.3 is 5.73 Å². The van der Waals surface area contributed by atoms with E-state index >= 15 is 0 Å². The summed E-state index contributed by atoms with van der Waals surface area (Å²) < 4.78 is 0. The van der Waals surface area contributed by atoms with Gasteiger partial charge >= 0.3 is 0 Å². The average molecular weight is 206 g/mol. The van der Waals surface area contributed by atoms with Crippen molar-refractivity contribution < 1.29 is 0 Å². The molecule has 3 heteroatoms. The van der Waals surface area contributed by atoms with E-state index in [1.807, 2.05) is 32.0 Å². The van der Waals surface area contributed by atoms with E-state index in [-0.39, 0.29) is 18.4 Å². The molecule has 0 unspecified atom stereocenters. The fraction of sp³-hybridized carbons (Fsp3) is 0.333. The van der Waals surface area contributed by atoms with Gasteiger partial charge in [0.25, 0.3) is 0 Å². The predicted molar refractivity (Wildman–Crippen MR) is 56.0 cm³/mol. The summed E-state index contributed by atoms with van der Waals surface area (Å²) in [6, 6.07) is 5.97. The van der Waals surface area contributed by atoms with Gasteiger partial charge in [0.2, 0.25) is 0 Å². The Balaban J connectivity index is 0.00000121. The van der Waals surface area contributed by atoms with E-state index in [9.17, 15) is 0 Å². The maximum Gasteiger partial charge on any atom is 0.0438 e. The molecule has 0 aliphatic rings. The first-order chi connectivity index (χ1) is 5.11. The summed E-state index contributed by atoms with van der Waals surface area (Å²) in [6.07, 6.45) is 0. The van der Waals surface area contributed by atoms with Crippen LogP contribution in [-0.2, 0) is 0 Å². The van der Waals surface area contributed by atoms with Crippen molar-refractivity contribution in [3.05, 3.63) is 34.3 Å². The van der Waals surface area contributed by atoms with Crippen molar-refractivity contribution >= 4 is 24.0 Å². The van der Waals surface area contributed by atoms with E-state index in [1.165, 1.54) is 0 Å². The predicted octanol–water partition coefficient (Wildman–Crippen LogP) is 3.09. The third-order valence-electron chi connectivity index (χ3n) is 1.72. The summed E-state index contributed by atoms with van der Waals surface area (Å²) in [5, 5.41) is 0.791. The van der Waals surface area contributed by atoms with Gasteiger partial charge in [-0.15, -0.1) is 12.4 Å². The topological polar surface area (TPSA) is 26.0 Å². The highest BCUT2D eigenvalue weighted by atomic mass is 35.5. The maximum atomic E-state index is 5.90. The van der Waals surface area contributed by atoms with Crippen LogP contribution in [0.1, 0.15) is 24.1 Å². The van der Waals surface area contributed by atoms with E-state index < -0.39 is 0 Å². The fourth-order valence-corrected chi connectivity index (χ4v) is 1.08. The second-order valence-electron chi connectivity index (χ2n) is 2.80. The quantitative estimate of drug-likeness (QED) is 0.750. The molecule has 68 valence electrons. The summed E-state index contributed by atoms with van der Waals surface area (Å²) >= 11 is 5.90. The Morgan fingerprint density at radius 3 is 2.42 bits per heavy atom. The zero-order chi connectivity index (χ0) is 8.43. The molecule has 2 N–H and O–H groups in total. The Morgan fingerprint density at radius 2 is 2.00 bits per heavy atom. The molecular formula is C9H13Cl2N. The number of rotatable bonds is 1. The minimum absolute atomic E-state index is 0. The summed E-state index contributed by atoms with van der Waals surface area (Å²) in [4.78, 5) is 0. The Hall–Kier alpha value is -0.240. The fourth-order valence-electron chi connectivity index (χ4n) is 0.892. The van der Waals surface area contributed by atoms with Crippen LogP contribution in [0.25, 0.3) is 0 Å². The summed E-state index contributed by atoms with van der Waals surface area (Å²) in [6.45, 7) is 3.92. The van der Waals surface area contributed by atoms with Crippen LogP contribution in [0, 0.1) is 6.92 Å². The molecule has 1 rings (SSSR count). The van der Waals surface area contributed by atoms with Crippen molar-refractivity contribution in [3.8, 4) is 0 Å². The number of halogens is 2. The molecule has 0 amide bonds. The van der Waals surface area contributed by atoms with Crippen molar-refractivity contribution in [2.45, 2.75) is 19.9 Å². The zero-order valence-corrected chi connectivity index (χ0v) is 8.75. The van der Waals surface area contributed by atoms with Crippen LogP contribution >= 0.6 is 24.0 Å². The smallest absolute Gasteiger partial charge is 0.0438 e. The lowest BCUT2D eigenvalue weighted by molar-refractivity contribution is 0.818. The zero-order valence-electron chi connectivity index (χ0n) is 7.17. The Morgan fingerprint density at radius 1 is 1.42 bits per heavy atom. The van der Waals surface area contributed by atoms with E-state index in [0.29, 0.717) is 0 Å². The van der Waals surface area contributed by atoms with Crippen molar-refractivity contribution in [1.82, 2.24) is 0 Å². The van der Waals surface area contributed by atoms with E-state index in [4.69, 9.17) is 17.3 Å². The molecule has 0 spiro atoms. The number of nitrogens with two attached hydrogens (primary N) is 1. The molecule has 1 atom stereocenters. The lowest BCUT2D eigenvalue weighted by Crippen LogP contribution is -2.04. The summed E-state index contributed by atoms with van der Waals surface area (Å²) in [7, 11) is 0. The number of hydrogen-bond donors (Lipinski definition) is 1. The normalized spacial score (nSPS) is 12.0. The molecule has 0 saturated heterocycles. The van der Waals surface area contributed by atoms with Crippen LogP contribution in [0.5, 0.6) is 0 Å². The number of benzene rings is 1. The minimum atomic E-state index is 0. The van der Waals surface area contributed by atoms with Crippen LogP contribution in [0.2, 0.25) is 5.02 Å². The van der Waals surface area contributed by atoms with Gasteiger partial charge in [-0.25, -0.2) is 0 Å². The first-order valence-electron chi connectivity index (χ1n) is 3.63. The molecule has 1 aromatic carbocycles. The molecule has 0 heterocycles. The van der Waals surface area contributed by atoms with Gasteiger partial charge in [-0.05, 0) is 31.0 Å². The summed E-state index contributed by atoms with van der Waals surface area (Å²) in [5.74, 6) is 0. The number of hydrogen-bond acceptors (Lipinski definition) is 1. The molecule has 0 saturated carbocycles. The summed E-state index contributed by atoms with van der Waals surface area (Å²) in [5.41, 5.74) is 7.85. The van der Waals surface area contributed by atoms with Crippen LogP contribution in [0.4, 0.5) is 0 Å². The van der Waals surface area contributed by atoms with Gasteiger partial charge in [0.1, 0.15) is 0 Å². The first-order valence-corrected chi connectivity index (χ1v) is 4.00. The highest BCUT2D eigenvalue weighted by Crippen LogP contribution is 2.19. The van der Waals surface area contributed by atoms with Gasteiger partial charge in [-0.2, -0.15) is 0 Å². The SMILES string of the molecule is Cc1ccc([C@@H](C)N)cc1Cl.Cl. The van der Waals surface area contributed by atoms with E-state index in [1.54, 1.807) is 0 Å². The standard InChI is InChI=1S/C9H12ClN.ClH/c1-6-3-4-8(7(2)11)5-9(6)10;/h3-5,7H,11H2,1-2H3;1H/t7-;/m1./s1. The van der Waals surface area contributed by atoms with Crippen LogP contribution in [0.15, 0.2) is 18.2 Å². The molecule has 0 fully saturated rings. The molecule has 12 heavy (non-hydrogen) atoms. The van der Waals surface area contributed by atoms with Crippen LogP contribution < -0.4 is 5.73 Å². The second kappa shape index (κ2) is 4.70. The van der Waals surface area contributed by atoms with Crippen molar-refractivity contribution in [3.63, 3.8) is 0 Å². The van der Waals surface area contributed by atoms with Crippen molar-refractivity contribution in [2.24, 2.45) is 5.73 Å². The maximum absolute atomic E-state index is 5.90. The average Bonchev–Trinajstić information content (AvgIpc) is 1.94.